The van der Waals surface area contributed by atoms with Crippen LogP contribution in [-0.4, -0.2) is 11.5 Å². The number of ketones is 1. The van der Waals surface area contributed by atoms with E-state index in [-0.39, 0.29) is 5.78 Å². The maximum Gasteiger partial charge on any atom is 0.186 e. The van der Waals surface area contributed by atoms with Gasteiger partial charge in [-0.15, -0.1) is 11.8 Å². The standard InChI is InChI=1S/C12H14OS/c1-3-14-10(2)9-12(13)11-7-5-4-6-8-11/h4-9H,3H2,1-2H3. The molecule has 0 aliphatic rings. The van der Waals surface area contributed by atoms with Crippen LogP contribution in [0, 0.1) is 0 Å². The van der Waals surface area contributed by atoms with E-state index in [1.807, 2.05) is 37.3 Å². The van der Waals surface area contributed by atoms with Gasteiger partial charge in [-0.25, -0.2) is 0 Å². The summed E-state index contributed by atoms with van der Waals surface area (Å²) in [5.74, 6) is 1.09. The third-order valence-electron chi connectivity index (χ3n) is 1.76. The van der Waals surface area contributed by atoms with Crippen molar-refractivity contribution in [2.75, 3.05) is 5.75 Å². The fraction of sp³-hybridized carbons (Fsp3) is 0.250. The molecule has 0 unspecified atom stereocenters. The molecule has 0 fully saturated rings. The van der Waals surface area contributed by atoms with Crippen LogP contribution in [0.5, 0.6) is 0 Å². The van der Waals surface area contributed by atoms with Crippen molar-refractivity contribution in [2.24, 2.45) is 0 Å². The minimum Gasteiger partial charge on any atom is -0.289 e. The van der Waals surface area contributed by atoms with Gasteiger partial charge in [0.25, 0.3) is 0 Å². The van der Waals surface area contributed by atoms with Gasteiger partial charge in [0.1, 0.15) is 0 Å². The second-order valence-electron chi connectivity index (χ2n) is 2.92. The minimum atomic E-state index is 0.0871. The molecule has 0 amide bonds. The average molecular weight is 206 g/mol. The highest BCUT2D eigenvalue weighted by Gasteiger charge is 2.01. The summed E-state index contributed by atoms with van der Waals surface area (Å²) in [6, 6.07) is 9.34. The number of hydrogen-bond acceptors (Lipinski definition) is 2. The summed E-state index contributed by atoms with van der Waals surface area (Å²) < 4.78 is 0. The van der Waals surface area contributed by atoms with Crippen LogP contribution >= 0.6 is 11.8 Å². The van der Waals surface area contributed by atoms with Crippen LogP contribution in [0.1, 0.15) is 24.2 Å². The SMILES string of the molecule is CCSC(C)=CC(=O)c1ccccc1. The Labute approximate surface area is 89.2 Å². The van der Waals surface area contributed by atoms with E-state index in [0.717, 1.165) is 16.2 Å². The third-order valence-corrected chi connectivity index (χ3v) is 2.63. The van der Waals surface area contributed by atoms with Crippen molar-refractivity contribution < 1.29 is 4.79 Å². The zero-order valence-corrected chi connectivity index (χ0v) is 9.30. The Kier molecular flexibility index (Phi) is 4.47. The van der Waals surface area contributed by atoms with Gasteiger partial charge in [0.15, 0.2) is 5.78 Å². The Morgan fingerprint density at radius 3 is 2.57 bits per heavy atom. The van der Waals surface area contributed by atoms with Crippen LogP contribution in [0.15, 0.2) is 41.3 Å². The van der Waals surface area contributed by atoms with E-state index in [9.17, 15) is 4.79 Å². The summed E-state index contributed by atoms with van der Waals surface area (Å²) >= 11 is 1.69. The second kappa shape index (κ2) is 5.66. The summed E-state index contributed by atoms with van der Waals surface area (Å²) in [6.07, 6.45) is 1.70. The highest BCUT2D eigenvalue weighted by molar-refractivity contribution is 8.03. The molecule has 0 saturated carbocycles. The predicted octanol–water partition coefficient (Wildman–Crippen LogP) is 3.53. The molecule has 0 aromatic heterocycles. The molecule has 0 radical (unpaired) electrons. The number of carbonyl (C=O) groups excluding carboxylic acids is 1. The predicted molar refractivity (Wildman–Crippen MR) is 62.7 cm³/mol. The van der Waals surface area contributed by atoms with Crippen LogP contribution in [-0.2, 0) is 0 Å². The summed E-state index contributed by atoms with van der Waals surface area (Å²) in [4.78, 5) is 12.7. The highest BCUT2D eigenvalue weighted by Crippen LogP contribution is 2.14. The van der Waals surface area contributed by atoms with E-state index in [2.05, 4.69) is 6.92 Å². The Bertz CT molecular complexity index is 327. The van der Waals surface area contributed by atoms with E-state index < -0.39 is 0 Å². The molecular weight excluding hydrogens is 192 g/mol. The number of carbonyl (C=O) groups is 1. The lowest BCUT2D eigenvalue weighted by Crippen LogP contribution is -1.94. The molecule has 0 N–H and O–H groups in total. The van der Waals surface area contributed by atoms with Gasteiger partial charge in [0.2, 0.25) is 0 Å². The van der Waals surface area contributed by atoms with Crippen LogP contribution in [0.3, 0.4) is 0 Å². The van der Waals surface area contributed by atoms with Gasteiger partial charge in [-0.3, -0.25) is 4.79 Å². The molecule has 74 valence electrons. The van der Waals surface area contributed by atoms with Gasteiger partial charge < -0.3 is 0 Å². The molecule has 0 aliphatic carbocycles. The number of rotatable bonds is 4. The molecule has 1 aromatic carbocycles. The molecule has 2 heteroatoms. The summed E-state index contributed by atoms with van der Waals surface area (Å²) in [5, 5.41) is 0. The first-order valence-corrected chi connectivity index (χ1v) is 5.63. The summed E-state index contributed by atoms with van der Waals surface area (Å²) in [6.45, 7) is 4.05. The van der Waals surface area contributed by atoms with Crippen LogP contribution < -0.4 is 0 Å². The lowest BCUT2D eigenvalue weighted by Gasteiger charge is -1.98. The van der Waals surface area contributed by atoms with Crippen molar-refractivity contribution in [2.45, 2.75) is 13.8 Å². The van der Waals surface area contributed by atoms with Crippen molar-refractivity contribution in [3.63, 3.8) is 0 Å². The Morgan fingerprint density at radius 2 is 2.00 bits per heavy atom. The normalized spacial score (nSPS) is 11.4. The van der Waals surface area contributed by atoms with Crippen molar-refractivity contribution >= 4 is 17.5 Å². The first kappa shape index (κ1) is 11.1. The first-order chi connectivity index (χ1) is 6.74. The lowest BCUT2D eigenvalue weighted by atomic mass is 10.1. The van der Waals surface area contributed by atoms with Gasteiger partial charge in [-0.1, -0.05) is 37.3 Å². The van der Waals surface area contributed by atoms with Crippen LogP contribution in [0.4, 0.5) is 0 Å². The molecule has 14 heavy (non-hydrogen) atoms. The van der Waals surface area contributed by atoms with E-state index in [1.54, 1.807) is 17.8 Å². The summed E-state index contributed by atoms with van der Waals surface area (Å²) in [7, 11) is 0. The minimum absolute atomic E-state index is 0.0871. The zero-order valence-electron chi connectivity index (χ0n) is 8.49. The zero-order chi connectivity index (χ0) is 10.4. The van der Waals surface area contributed by atoms with Crippen LogP contribution in [0.2, 0.25) is 0 Å². The molecule has 0 spiro atoms. The molecule has 0 heterocycles. The smallest absolute Gasteiger partial charge is 0.186 e. The third kappa shape index (κ3) is 3.38. The lowest BCUT2D eigenvalue weighted by molar-refractivity contribution is 0.104. The maximum atomic E-state index is 11.6. The Balaban J connectivity index is 2.72. The molecule has 0 atom stereocenters. The molecule has 1 nitrogen and oxygen atoms in total. The van der Waals surface area contributed by atoms with Gasteiger partial charge in [-0.2, -0.15) is 0 Å². The maximum absolute atomic E-state index is 11.6. The summed E-state index contributed by atoms with van der Waals surface area (Å²) in [5.41, 5.74) is 0.753. The van der Waals surface area contributed by atoms with E-state index in [1.165, 1.54) is 0 Å². The number of benzene rings is 1. The van der Waals surface area contributed by atoms with Crippen molar-refractivity contribution in [1.29, 1.82) is 0 Å². The van der Waals surface area contributed by atoms with E-state index >= 15 is 0 Å². The molecular formula is C12H14OS. The van der Waals surface area contributed by atoms with Crippen molar-refractivity contribution in [1.82, 2.24) is 0 Å². The second-order valence-corrected chi connectivity index (χ2v) is 4.43. The quantitative estimate of drug-likeness (QED) is 0.554. The largest absolute Gasteiger partial charge is 0.289 e. The van der Waals surface area contributed by atoms with Gasteiger partial charge in [0, 0.05) is 5.56 Å². The van der Waals surface area contributed by atoms with Gasteiger partial charge in [0.05, 0.1) is 0 Å². The molecule has 0 aliphatic heterocycles. The molecule has 1 aromatic rings. The van der Waals surface area contributed by atoms with Crippen LogP contribution in [0.25, 0.3) is 0 Å². The van der Waals surface area contributed by atoms with Gasteiger partial charge in [-0.05, 0) is 23.7 Å². The van der Waals surface area contributed by atoms with Crippen molar-refractivity contribution in [3.05, 3.63) is 46.9 Å². The Morgan fingerprint density at radius 1 is 1.36 bits per heavy atom. The molecule has 0 bridgehead atoms. The monoisotopic (exact) mass is 206 g/mol. The molecule has 0 saturated heterocycles. The van der Waals surface area contributed by atoms with Gasteiger partial charge >= 0.3 is 0 Å². The number of allylic oxidation sites excluding steroid dienone is 2. The topological polar surface area (TPSA) is 17.1 Å². The fourth-order valence-corrected chi connectivity index (χ4v) is 1.79. The first-order valence-electron chi connectivity index (χ1n) is 4.64. The highest BCUT2D eigenvalue weighted by atomic mass is 32.2. The Hall–Kier alpha value is -1.02. The van der Waals surface area contributed by atoms with E-state index in [0.29, 0.717) is 0 Å². The fourth-order valence-electron chi connectivity index (χ4n) is 1.14. The number of thioether (sulfide) groups is 1. The molecule has 1 rings (SSSR count). The van der Waals surface area contributed by atoms with Crippen molar-refractivity contribution in [3.8, 4) is 0 Å². The number of hydrogen-bond donors (Lipinski definition) is 0. The average Bonchev–Trinajstić information content (AvgIpc) is 2.19. The van der Waals surface area contributed by atoms with E-state index in [4.69, 9.17) is 0 Å².